The standard InChI is InChI=1S/C18H17NO6/c1-17-6-7-18(9-20,25-17)13-12(17)14(21)19(15(13)22)11-5-3-4-10(8-11)16(23)24-2/h3-8,12-13,20H,9H2,1-2H3/t12-,13+,17-,18+/m1/s1. The van der Waals surface area contributed by atoms with E-state index in [2.05, 4.69) is 4.74 Å². The number of fused-ring (bicyclic) bond motifs is 5. The molecule has 7 heteroatoms. The van der Waals surface area contributed by atoms with Gasteiger partial charge >= 0.3 is 5.97 Å². The minimum absolute atomic E-state index is 0.248. The van der Waals surface area contributed by atoms with Crippen molar-refractivity contribution in [3.8, 4) is 0 Å². The van der Waals surface area contributed by atoms with Gasteiger partial charge in [-0.2, -0.15) is 0 Å². The summed E-state index contributed by atoms with van der Waals surface area (Å²) in [6.45, 7) is 1.36. The fourth-order valence-corrected chi connectivity index (χ4v) is 4.19. The monoisotopic (exact) mass is 343 g/mol. The van der Waals surface area contributed by atoms with Gasteiger partial charge in [-0.05, 0) is 25.1 Å². The van der Waals surface area contributed by atoms with Gasteiger partial charge in [0.05, 0.1) is 42.4 Å². The van der Waals surface area contributed by atoms with Crippen molar-refractivity contribution < 1.29 is 29.0 Å². The first-order valence-corrected chi connectivity index (χ1v) is 7.94. The van der Waals surface area contributed by atoms with E-state index in [4.69, 9.17) is 4.74 Å². The van der Waals surface area contributed by atoms with Gasteiger partial charge in [-0.1, -0.05) is 18.2 Å². The fraction of sp³-hybridized carbons (Fsp3) is 0.389. The summed E-state index contributed by atoms with van der Waals surface area (Å²) in [4.78, 5) is 38.8. The molecular weight excluding hydrogens is 326 g/mol. The Labute approximate surface area is 143 Å². The van der Waals surface area contributed by atoms with E-state index >= 15 is 0 Å². The first-order chi connectivity index (χ1) is 11.9. The van der Waals surface area contributed by atoms with E-state index in [1.54, 1.807) is 37.3 Å². The van der Waals surface area contributed by atoms with Crippen molar-refractivity contribution in [1.29, 1.82) is 0 Å². The molecule has 4 atom stereocenters. The Morgan fingerprint density at radius 3 is 2.68 bits per heavy atom. The maximum Gasteiger partial charge on any atom is 0.337 e. The maximum atomic E-state index is 13.0. The Kier molecular flexibility index (Phi) is 3.20. The van der Waals surface area contributed by atoms with Crippen LogP contribution in [0.5, 0.6) is 0 Å². The van der Waals surface area contributed by atoms with Crippen LogP contribution in [-0.4, -0.2) is 47.8 Å². The summed E-state index contributed by atoms with van der Waals surface area (Å²) in [5.74, 6) is -2.84. The van der Waals surface area contributed by atoms with Gasteiger partial charge in [-0.25, -0.2) is 9.69 Å². The Morgan fingerprint density at radius 2 is 2.00 bits per heavy atom. The summed E-state index contributed by atoms with van der Waals surface area (Å²) in [5.41, 5.74) is -1.53. The van der Waals surface area contributed by atoms with Crippen LogP contribution in [0.25, 0.3) is 0 Å². The molecule has 25 heavy (non-hydrogen) atoms. The maximum absolute atomic E-state index is 13.0. The van der Waals surface area contributed by atoms with Crippen LogP contribution in [0.4, 0.5) is 5.69 Å². The third kappa shape index (κ3) is 1.90. The van der Waals surface area contributed by atoms with E-state index in [-0.39, 0.29) is 18.1 Å². The van der Waals surface area contributed by atoms with Gasteiger partial charge in [0.2, 0.25) is 11.8 Å². The molecule has 0 unspecified atom stereocenters. The van der Waals surface area contributed by atoms with E-state index in [0.29, 0.717) is 5.69 Å². The molecule has 0 spiro atoms. The molecule has 0 aromatic heterocycles. The molecule has 2 amide bonds. The lowest BCUT2D eigenvalue weighted by Gasteiger charge is -2.27. The average molecular weight is 343 g/mol. The van der Waals surface area contributed by atoms with Gasteiger partial charge in [-0.3, -0.25) is 9.59 Å². The van der Waals surface area contributed by atoms with Crippen molar-refractivity contribution in [2.24, 2.45) is 11.8 Å². The number of carbonyl (C=O) groups excluding carboxylic acids is 3. The van der Waals surface area contributed by atoms with Crippen LogP contribution in [0.1, 0.15) is 17.3 Å². The smallest absolute Gasteiger partial charge is 0.337 e. The van der Waals surface area contributed by atoms with Crippen LogP contribution in [0.3, 0.4) is 0 Å². The highest BCUT2D eigenvalue weighted by atomic mass is 16.5. The topological polar surface area (TPSA) is 93.1 Å². The third-order valence-corrected chi connectivity index (χ3v) is 5.33. The van der Waals surface area contributed by atoms with Crippen molar-refractivity contribution in [3.63, 3.8) is 0 Å². The number of benzene rings is 1. The molecule has 3 heterocycles. The molecule has 1 aromatic carbocycles. The number of esters is 1. The number of carbonyl (C=O) groups is 3. The summed E-state index contributed by atoms with van der Waals surface area (Å²) in [6, 6.07) is 6.18. The number of amides is 2. The van der Waals surface area contributed by atoms with Crippen LogP contribution < -0.4 is 4.90 Å². The second kappa shape index (κ2) is 5.00. The third-order valence-electron chi connectivity index (χ3n) is 5.33. The Balaban J connectivity index is 1.77. The molecule has 3 aliphatic heterocycles. The lowest BCUT2D eigenvalue weighted by Crippen LogP contribution is -2.43. The number of anilines is 1. The van der Waals surface area contributed by atoms with Crippen LogP contribution >= 0.6 is 0 Å². The zero-order valence-electron chi connectivity index (χ0n) is 13.8. The fourth-order valence-electron chi connectivity index (χ4n) is 4.19. The van der Waals surface area contributed by atoms with Crippen molar-refractivity contribution >= 4 is 23.5 Å². The number of hydrogen-bond donors (Lipinski definition) is 1. The largest absolute Gasteiger partial charge is 0.465 e. The van der Waals surface area contributed by atoms with E-state index in [9.17, 15) is 19.5 Å². The number of ether oxygens (including phenoxy) is 2. The molecule has 3 aliphatic rings. The van der Waals surface area contributed by atoms with Gasteiger partial charge in [0.15, 0.2) is 0 Å². The Bertz CT molecular complexity index is 833. The molecule has 2 bridgehead atoms. The van der Waals surface area contributed by atoms with E-state index < -0.39 is 34.9 Å². The lowest BCUT2D eigenvalue weighted by molar-refractivity contribution is -0.131. The lowest BCUT2D eigenvalue weighted by atomic mass is 9.73. The van der Waals surface area contributed by atoms with Crippen LogP contribution in [0.15, 0.2) is 36.4 Å². The quantitative estimate of drug-likeness (QED) is 0.493. The summed E-state index contributed by atoms with van der Waals surface area (Å²) in [7, 11) is 1.26. The molecule has 0 aliphatic carbocycles. The first kappa shape index (κ1) is 16.0. The van der Waals surface area contributed by atoms with Gasteiger partial charge < -0.3 is 14.6 Å². The van der Waals surface area contributed by atoms with Crippen LogP contribution in [-0.2, 0) is 19.1 Å². The number of nitrogens with zero attached hydrogens (tertiary/aromatic N) is 1. The van der Waals surface area contributed by atoms with Crippen molar-refractivity contribution in [2.75, 3.05) is 18.6 Å². The molecule has 1 aromatic rings. The molecule has 1 N–H and O–H groups in total. The zero-order valence-corrected chi connectivity index (χ0v) is 13.8. The minimum Gasteiger partial charge on any atom is -0.465 e. The summed E-state index contributed by atoms with van der Waals surface area (Å²) >= 11 is 0. The predicted octanol–water partition coefficient (Wildman–Crippen LogP) is 0.669. The number of methoxy groups -OCH3 is 1. The minimum atomic E-state index is -1.17. The van der Waals surface area contributed by atoms with Crippen LogP contribution in [0.2, 0.25) is 0 Å². The molecule has 130 valence electrons. The van der Waals surface area contributed by atoms with E-state index in [1.165, 1.54) is 13.2 Å². The van der Waals surface area contributed by atoms with E-state index in [1.807, 2.05) is 0 Å². The molecule has 2 saturated heterocycles. The second-order valence-corrected chi connectivity index (χ2v) is 6.74. The highest BCUT2D eigenvalue weighted by Crippen LogP contribution is 2.57. The zero-order chi connectivity index (χ0) is 18.0. The molecule has 4 rings (SSSR count). The Morgan fingerprint density at radius 1 is 1.28 bits per heavy atom. The van der Waals surface area contributed by atoms with Crippen molar-refractivity contribution in [2.45, 2.75) is 18.1 Å². The highest BCUT2D eigenvalue weighted by Gasteiger charge is 2.72. The molecule has 7 nitrogen and oxygen atoms in total. The molecule has 2 fully saturated rings. The normalized spacial score (nSPS) is 35.4. The summed E-state index contributed by atoms with van der Waals surface area (Å²) < 4.78 is 10.5. The number of aliphatic hydroxyl groups is 1. The van der Waals surface area contributed by atoms with Crippen LogP contribution in [0, 0.1) is 11.8 Å². The average Bonchev–Trinajstić information content (AvgIpc) is 3.20. The highest BCUT2D eigenvalue weighted by molar-refractivity contribution is 6.23. The Hall–Kier alpha value is -2.51. The molecular formula is C18H17NO6. The van der Waals surface area contributed by atoms with Crippen molar-refractivity contribution in [3.05, 3.63) is 42.0 Å². The van der Waals surface area contributed by atoms with Gasteiger partial charge in [0, 0.05) is 0 Å². The number of rotatable bonds is 3. The van der Waals surface area contributed by atoms with Gasteiger partial charge in [0.1, 0.15) is 5.60 Å². The van der Waals surface area contributed by atoms with Gasteiger partial charge in [-0.15, -0.1) is 0 Å². The number of hydrogen-bond acceptors (Lipinski definition) is 6. The number of aliphatic hydroxyl groups excluding tert-OH is 1. The second-order valence-electron chi connectivity index (χ2n) is 6.74. The molecule has 0 radical (unpaired) electrons. The molecule has 0 saturated carbocycles. The SMILES string of the molecule is COC(=O)c1cccc(N2C(=O)[C@@H]3[C@H](C2=O)[C@@]2(C)C=C[C@@]3(CO)O2)c1. The number of imide groups is 1. The first-order valence-electron chi connectivity index (χ1n) is 7.94. The summed E-state index contributed by atoms with van der Waals surface area (Å²) in [6.07, 6.45) is 3.41. The summed E-state index contributed by atoms with van der Waals surface area (Å²) in [5, 5.41) is 9.79. The van der Waals surface area contributed by atoms with Crippen molar-refractivity contribution in [1.82, 2.24) is 0 Å². The predicted molar refractivity (Wildman–Crippen MR) is 85.7 cm³/mol. The van der Waals surface area contributed by atoms with E-state index in [0.717, 1.165) is 4.90 Å². The van der Waals surface area contributed by atoms with Gasteiger partial charge in [0.25, 0.3) is 0 Å².